The standard InChI is InChI=1S/C20H20N2O2S/c23-18-13-25-20(22(18)17-7-2-1-3-8-17)15-9-11-16(12-10-15)21-19(24)14-5-4-6-14/h1-3,7-12,14,20H,4-6,13H2,(H,21,24). The summed E-state index contributed by atoms with van der Waals surface area (Å²) in [4.78, 5) is 26.2. The number of hydrogen-bond acceptors (Lipinski definition) is 3. The molecule has 5 heteroatoms. The van der Waals surface area contributed by atoms with Crippen LogP contribution in [-0.4, -0.2) is 17.6 Å². The van der Waals surface area contributed by atoms with Crippen molar-refractivity contribution in [1.82, 2.24) is 0 Å². The van der Waals surface area contributed by atoms with Gasteiger partial charge in [0, 0.05) is 17.3 Å². The lowest BCUT2D eigenvalue weighted by molar-refractivity contribution is -0.122. The highest BCUT2D eigenvalue weighted by atomic mass is 32.2. The van der Waals surface area contributed by atoms with Crippen molar-refractivity contribution in [2.75, 3.05) is 16.0 Å². The Balaban J connectivity index is 1.51. The number of carbonyl (C=O) groups is 2. The zero-order valence-corrected chi connectivity index (χ0v) is 14.7. The summed E-state index contributed by atoms with van der Waals surface area (Å²) < 4.78 is 0. The van der Waals surface area contributed by atoms with Crippen molar-refractivity contribution < 1.29 is 9.59 Å². The second-order valence-electron chi connectivity index (χ2n) is 6.50. The molecular formula is C20H20N2O2S. The van der Waals surface area contributed by atoms with Crippen molar-refractivity contribution in [3.05, 3.63) is 60.2 Å². The van der Waals surface area contributed by atoms with E-state index >= 15 is 0 Å². The predicted molar refractivity (Wildman–Crippen MR) is 102 cm³/mol. The van der Waals surface area contributed by atoms with Gasteiger partial charge in [-0.05, 0) is 42.7 Å². The van der Waals surface area contributed by atoms with Crippen LogP contribution in [0.5, 0.6) is 0 Å². The van der Waals surface area contributed by atoms with Crippen LogP contribution in [0.15, 0.2) is 54.6 Å². The van der Waals surface area contributed by atoms with Gasteiger partial charge in [-0.15, -0.1) is 11.8 Å². The number of hydrogen-bond donors (Lipinski definition) is 1. The zero-order valence-electron chi connectivity index (χ0n) is 13.9. The van der Waals surface area contributed by atoms with E-state index in [1.807, 2.05) is 59.5 Å². The molecule has 4 nitrogen and oxygen atoms in total. The van der Waals surface area contributed by atoms with E-state index in [4.69, 9.17) is 0 Å². The van der Waals surface area contributed by atoms with Gasteiger partial charge in [0.15, 0.2) is 0 Å². The molecule has 25 heavy (non-hydrogen) atoms. The highest BCUT2D eigenvalue weighted by Crippen LogP contribution is 2.41. The van der Waals surface area contributed by atoms with Gasteiger partial charge >= 0.3 is 0 Å². The van der Waals surface area contributed by atoms with Gasteiger partial charge in [0.2, 0.25) is 11.8 Å². The summed E-state index contributed by atoms with van der Waals surface area (Å²) in [6.45, 7) is 0. The number of rotatable bonds is 4. The molecule has 2 aromatic carbocycles. The molecule has 4 rings (SSSR count). The van der Waals surface area contributed by atoms with Crippen molar-refractivity contribution in [2.24, 2.45) is 5.92 Å². The number of nitrogens with zero attached hydrogens (tertiary/aromatic N) is 1. The van der Waals surface area contributed by atoms with Crippen molar-refractivity contribution >= 4 is 35.0 Å². The SMILES string of the molecule is O=C(Nc1ccc(C2SCC(=O)N2c2ccccc2)cc1)C1CCC1. The monoisotopic (exact) mass is 352 g/mol. The Kier molecular flexibility index (Phi) is 4.49. The van der Waals surface area contributed by atoms with Crippen LogP contribution in [0.1, 0.15) is 30.2 Å². The first kappa shape index (κ1) is 16.2. The molecule has 0 spiro atoms. The Labute approximate surface area is 151 Å². The number of benzene rings is 2. The van der Waals surface area contributed by atoms with E-state index in [0.717, 1.165) is 36.2 Å². The zero-order chi connectivity index (χ0) is 17.2. The molecule has 1 saturated carbocycles. The molecule has 1 saturated heterocycles. The fraction of sp³-hybridized carbons (Fsp3) is 0.300. The Morgan fingerprint density at radius 3 is 2.40 bits per heavy atom. The molecule has 2 fully saturated rings. The molecule has 2 aromatic rings. The van der Waals surface area contributed by atoms with Crippen LogP contribution in [0.4, 0.5) is 11.4 Å². The summed E-state index contributed by atoms with van der Waals surface area (Å²) >= 11 is 1.63. The van der Waals surface area contributed by atoms with Crippen LogP contribution >= 0.6 is 11.8 Å². The smallest absolute Gasteiger partial charge is 0.238 e. The average Bonchev–Trinajstić information content (AvgIpc) is 2.96. The molecule has 1 atom stereocenters. The maximum Gasteiger partial charge on any atom is 0.238 e. The summed E-state index contributed by atoms with van der Waals surface area (Å²) in [6, 6.07) is 17.6. The molecule has 0 aromatic heterocycles. The first-order chi connectivity index (χ1) is 12.2. The Morgan fingerprint density at radius 2 is 1.76 bits per heavy atom. The summed E-state index contributed by atoms with van der Waals surface area (Å²) in [5.74, 6) is 0.912. The van der Waals surface area contributed by atoms with E-state index in [1.165, 1.54) is 0 Å². The molecule has 1 N–H and O–H groups in total. The summed E-state index contributed by atoms with van der Waals surface area (Å²) in [5, 5.41) is 2.97. The Morgan fingerprint density at radius 1 is 1.04 bits per heavy atom. The fourth-order valence-electron chi connectivity index (χ4n) is 3.18. The molecule has 1 aliphatic carbocycles. The fourth-order valence-corrected chi connectivity index (χ4v) is 4.36. The Bertz CT molecular complexity index is 772. The molecule has 128 valence electrons. The number of anilines is 2. The number of thioether (sulfide) groups is 1. The predicted octanol–water partition coefficient (Wildman–Crippen LogP) is 4.20. The van der Waals surface area contributed by atoms with Gasteiger partial charge in [0.05, 0.1) is 5.75 Å². The van der Waals surface area contributed by atoms with Crippen LogP contribution < -0.4 is 10.2 Å². The van der Waals surface area contributed by atoms with Crippen molar-refractivity contribution in [2.45, 2.75) is 24.6 Å². The number of amides is 2. The lowest BCUT2D eigenvalue weighted by Crippen LogP contribution is -2.28. The van der Waals surface area contributed by atoms with Crippen LogP contribution in [-0.2, 0) is 9.59 Å². The van der Waals surface area contributed by atoms with Crippen LogP contribution in [0, 0.1) is 5.92 Å². The third-order valence-electron chi connectivity index (χ3n) is 4.84. The van der Waals surface area contributed by atoms with E-state index < -0.39 is 0 Å². The Hall–Kier alpha value is -2.27. The molecular weight excluding hydrogens is 332 g/mol. The van der Waals surface area contributed by atoms with Crippen molar-refractivity contribution in [3.8, 4) is 0 Å². The third kappa shape index (κ3) is 3.29. The molecule has 0 radical (unpaired) electrons. The minimum absolute atomic E-state index is 0.0220. The van der Waals surface area contributed by atoms with Crippen molar-refractivity contribution in [1.29, 1.82) is 0 Å². The summed E-state index contributed by atoms with van der Waals surface area (Å²) in [5.41, 5.74) is 2.81. The van der Waals surface area contributed by atoms with Gasteiger partial charge in [-0.25, -0.2) is 0 Å². The van der Waals surface area contributed by atoms with E-state index in [2.05, 4.69) is 5.32 Å². The molecule has 2 amide bonds. The van der Waals surface area contributed by atoms with Crippen LogP contribution in [0.3, 0.4) is 0 Å². The van der Waals surface area contributed by atoms with Crippen LogP contribution in [0.2, 0.25) is 0 Å². The van der Waals surface area contributed by atoms with E-state index in [0.29, 0.717) is 5.75 Å². The maximum absolute atomic E-state index is 12.3. The highest BCUT2D eigenvalue weighted by molar-refractivity contribution is 8.00. The normalized spacial score (nSPS) is 20.4. The number of nitrogens with one attached hydrogen (secondary N) is 1. The number of carbonyl (C=O) groups excluding carboxylic acids is 2. The molecule has 1 unspecified atom stereocenters. The first-order valence-electron chi connectivity index (χ1n) is 8.62. The van der Waals surface area contributed by atoms with Gasteiger partial charge in [0.1, 0.15) is 5.37 Å². The molecule has 2 aliphatic rings. The quantitative estimate of drug-likeness (QED) is 0.897. The van der Waals surface area contributed by atoms with Gasteiger partial charge in [0.25, 0.3) is 0 Å². The molecule has 1 aliphatic heterocycles. The summed E-state index contributed by atoms with van der Waals surface area (Å²) in [6.07, 6.45) is 3.15. The highest BCUT2D eigenvalue weighted by Gasteiger charge is 2.34. The lowest BCUT2D eigenvalue weighted by atomic mass is 9.85. The van der Waals surface area contributed by atoms with Gasteiger partial charge in [-0.1, -0.05) is 36.8 Å². The second kappa shape index (κ2) is 6.92. The van der Waals surface area contributed by atoms with Gasteiger partial charge < -0.3 is 5.32 Å². The number of para-hydroxylation sites is 1. The van der Waals surface area contributed by atoms with E-state index in [-0.39, 0.29) is 23.1 Å². The van der Waals surface area contributed by atoms with Gasteiger partial charge in [-0.3, -0.25) is 14.5 Å². The van der Waals surface area contributed by atoms with Crippen molar-refractivity contribution in [3.63, 3.8) is 0 Å². The average molecular weight is 352 g/mol. The first-order valence-corrected chi connectivity index (χ1v) is 9.67. The lowest BCUT2D eigenvalue weighted by Gasteiger charge is -2.25. The second-order valence-corrected chi connectivity index (χ2v) is 7.57. The minimum Gasteiger partial charge on any atom is -0.326 e. The largest absolute Gasteiger partial charge is 0.326 e. The minimum atomic E-state index is -0.0220. The van der Waals surface area contributed by atoms with Crippen LogP contribution in [0.25, 0.3) is 0 Å². The maximum atomic E-state index is 12.3. The van der Waals surface area contributed by atoms with E-state index in [9.17, 15) is 9.59 Å². The van der Waals surface area contributed by atoms with Gasteiger partial charge in [-0.2, -0.15) is 0 Å². The summed E-state index contributed by atoms with van der Waals surface area (Å²) in [7, 11) is 0. The molecule has 0 bridgehead atoms. The van der Waals surface area contributed by atoms with E-state index in [1.54, 1.807) is 11.8 Å². The third-order valence-corrected chi connectivity index (χ3v) is 6.05. The molecule has 1 heterocycles. The topological polar surface area (TPSA) is 49.4 Å².